The van der Waals surface area contributed by atoms with Gasteiger partial charge in [0.2, 0.25) is 10.0 Å². The van der Waals surface area contributed by atoms with Crippen molar-refractivity contribution in [3.63, 3.8) is 0 Å². The highest BCUT2D eigenvalue weighted by atomic mass is 32.2. The van der Waals surface area contributed by atoms with E-state index in [0.717, 1.165) is 24.7 Å². The second-order valence-electron chi connectivity index (χ2n) is 7.44. The molecule has 1 aromatic heterocycles. The van der Waals surface area contributed by atoms with Gasteiger partial charge in [0.05, 0.1) is 10.9 Å². The molecule has 4 rings (SSSR count). The lowest BCUT2D eigenvalue weighted by Gasteiger charge is -2.16. The van der Waals surface area contributed by atoms with Crippen LogP contribution in [0.2, 0.25) is 0 Å². The number of rotatable bonds is 7. The van der Waals surface area contributed by atoms with Gasteiger partial charge in [0.15, 0.2) is 5.82 Å². The first-order valence-electron chi connectivity index (χ1n) is 10.0. The predicted octanol–water partition coefficient (Wildman–Crippen LogP) is 3.55. The molecule has 164 valence electrons. The highest BCUT2D eigenvalue weighted by Gasteiger charge is 2.25. The van der Waals surface area contributed by atoms with Gasteiger partial charge in [0, 0.05) is 24.8 Å². The zero-order chi connectivity index (χ0) is 22.2. The van der Waals surface area contributed by atoms with E-state index < -0.39 is 21.9 Å². The monoisotopic (exact) mass is 445 g/mol. The summed E-state index contributed by atoms with van der Waals surface area (Å²) in [7, 11) is -3.96. The fraction of sp³-hybridized carbons (Fsp3) is 0.333. The maximum Gasteiger partial charge on any atom is 0.322 e. The summed E-state index contributed by atoms with van der Waals surface area (Å²) in [5.74, 6) is 0.398. The van der Waals surface area contributed by atoms with Crippen LogP contribution in [0.5, 0.6) is 11.8 Å². The van der Waals surface area contributed by atoms with Crippen LogP contribution in [0, 0.1) is 12.7 Å². The SMILES string of the molecule is CCn1c(Oc2ccc3c(c2)NCC3)nnc1[C@@H](C)NS(=O)(=O)c1cc(F)ccc1C. The third-order valence-corrected chi connectivity index (χ3v) is 6.90. The first kappa shape index (κ1) is 21.3. The molecule has 0 aliphatic carbocycles. The molecule has 1 aliphatic rings. The summed E-state index contributed by atoms with van der Waals surface area (Å²) in [6.45, 7) is 6.54. The molecule has 0 saturated carbocycles. The second-order valence-corrected chi connectivity index (χ2v) is 9.12. The number of ether oxygens (including phenoxy) is 1. The van der Waals surface area contributed by atoms with Crippen molar-refractivity contribution in [2.24, 2.45) is 0 Å². The maximum atomic E-state index is 13.6. The molecule has 0 fully saturated rings. The van der Waals surface area contributed by atoms with E-state index in [9.17, 15) is 12.8 Å². The number of hydrogen-bond acceptors (Lipinski definition) is 6. The van der Waals surface area contributed by atoms with E-state index in [1.54, 1.807) is 18.4 Å². The van der Waals surface area contributed by atoms with E-state index >= 15 is 0 Å². The highest BCUT2D eigenvalue weighted by molar-refractivity contribution is 7.89. The molecular weight excluding hydrogens is 421 g/mol. The summed E-state index contributed by atoms with van der Waals surface area (Å²) in [4.78, 5) is -0.107. The summed E-state index contributed by atoms with van der Waals surface area (Å²) in [6, 6.07) is 9.02. The molecule has 0 spiro atoms. The number of aromatic nitrogens is 3. The quantitative estimate of drug-likeness (QED) is 0.577. The Balaban J connectivity index is 1.57. The van der Waals surface area contributed by atoms with Crippen LogP contribution >= 0.6 is 0 Å². The molecule has 2 heterocycles. The Morgan fingerprint density at radius 2 is 2.06 bits per heavy atom. The Labute approximate surface area is 180 Å². The number of hydrogen-bond donors (Lipinski definition) is 2. The van der Waals surface area contributed by atoms with Crippen LogP contribution in [0.3, 0.4) is 0 Å². The van der Waals surface area contributed by atoms with Gasteiger partial charge in [0.25, 0.3) is 0 Å². The van der Waals surface area contributed by atoms with Crippen LogP contribution in [0.15, 0.2) is 41.3 Å². The van der Waals surface area contributed by atoms with Crippen molar-refractivity contribution < 1.29 is 17.5 Å². The Morgan fingerprint density at radius 3 is 2.84 bits per heavy atom. The van der Waals surface area contributed by atoms with Crippen molar-refractivity contribution in [3.8, 4) is 11.8 Å². The average molecular weight is 446 g/mol. The lowest BCUT2D eigenvalue weighted by Crippen LogP contribution is -2.29. The number of halogens is 1. The van der Waals surface area contributed by atoms with Gasteiger partial charge in [-0.15, -0.1) is 5.10 Å². The fourth-order valence-corrected chi connectivity index (χ4v) is 5.10. The van der Waals surface area contributed by atoms with Crippen molar-refractivity contribution in [3.05, 3.63) is 59.2 Å². The van der Waals surface area contributed by atoms with Crippen LogP contribution < -0.4 is 14.8 Å². The van der Waals surface area contributed by atoms with Crippen molar-refractivity contribution in [2.45, 2.75) is 44.7 Å². The van der Waals surface area contributed by atoms with Gasteiger partial charge in [-0.05, 0) is 56.5 Å². The number of aryl methyl sites for hydroxylation is 1. The van der Waals surface area contributed by atoms with Gasteiger partial charge < -0.3 is 10.1 Å². The summed E-state index contributed by atoms with van der Waals surface area (Å²) in [6.07, 6.45) is 0.980. The smallest absolute Gasteiger partial charge is 0.322 e. The molecule has 3 aromatic rings. The molecule has 1 atom stereocenters. The molecule has 0 saturated heterocycles. The van der Waals surface area contributed by atoms with Gasteiger partial charge in [-0.1, -0.05) is 17.2 Å². The van der Waals surface area contributed by atoms with Crippen molar-refractivity contribution in [1.29, 1.82) is 0 Å². The van der Waals surface area contributed by atoms with E-state index in [1.807, 2.05) is 25.1 Å². The molecule has 2 aromatic carbocycles. The summed E-state index contributed by atoms with van der Waals surface area (Å²) >= 11 is 0. The van der Waals surface area contributed by atoms with Crippen LogP contribution in [0.1, 0.15) is 36.8 Å². The van der Waals surface area contributed by atoms with Crippen molar-refractivity contribution in [1.82, 2.24) is 19.5 Å². The van der Waals surface area contributed by atoms with Gasteiger partial charge in [-0.25, -0.2) is 17.5 Å². The lowest BCUT2D eigenvalue weighted by molar-refractivity contribution is 0.408. The minimum Gasteiger partial charge on any atom is -0.424 e. The third-order valence-electron chi connectivity index (χ3n) is 5.22. The predicted molar refractivity (Wildman–Crippen MR) is 114 cm³/mol. The Morgan fingerprint density at radius 1 is 1.26 bits per heavy atom. The van der Waals surface area contributed by atoms with Crippen molar-refractivity contribution >= 4 is 15.7 Å². The molecule has 31 heavy (non-hydrogen) atoms. The fourth-order valence-electron chi connectivity index (χ4n) is 3.64. The van der Waals surface area contributed by atoms with Crippen molar-refractivity contribution in [2.75, 3.05) is 11.9 Å². The molecule has 8 nitrogen and oxygen atoms in total. The molecule has 0 bridgehead atoms. The second kappa shape index (κ2) is 8.27. The van der Waals surface area contributed by atoms with Crippen LogP contribution in [0.4, 0.5) is 10.1 Å². The molecule has 0 amide bonds. The van der Waals surface area contributed by atoms with Gasteiger partial charge in [-0.2, -0.15) is 0 Å². The molecule has 1 aliphatic heterocycles. The summed E-state index contributed by atoms with van der Waals surface area (Å²) in [5.41, 5.74) is 2.72. The van der Waals surface area contributed by atoms with Crippen LogP contribution in [0.25, 0.3) is 0 Å². The number of fused-ring (bicyclic) bond motifs is 1. The summed E-state index contributed by atoms with van der Waals surface area (Å²) in [5, 5.41) is 11.6. The Bertz CT molecular complexity index is 1230. The minimum atomic E-state index is -3.96. The minimum absolute atomic E-state index is 0.107. The summed E-state index contributed by atoms with van der Waals surface area (Å²) < 4.78 is 49.4. The Kier molecular flexibility index (Phi) is 5.67. The Hall–Kier alpha value is -2.98. The third kappa shape index (κ3) is 4.26. The topological polar surface area (TPSA) is 98.1 Å². The first-order valence-corrected chi connectivity index (χ1v) is 11.5. The van der Waals surface area contributed by atoms with Gasteiger partial charge in [-0.3, -0.25) is 4.57 Å². The molecule has 0 radical (unpaired) electrons. The number of benzene rings is 2. The van der Waals surface area contributed by atoms with E-state index in [-0.39, 0.29) is 10.9 Å². The van der Waals surface area contributed by atoms with E-state index in [0.29, 0.717) is 23.7 Å². The normalized spacial score (nSPS) is 14.2. The largest absolute Gasteiger partial charge is 0.424 e. The molecule has 2 N–H and O–H groups in total. The zero-order valence-electron chi connectivity index (χ0n) is 17.5. The molecular formula is C21H24FN5O3S. The lowest BCUT2D eigenvalue weighted by atomic mass is 10.2. The molecule has 10 heteroatoms. The zero-order valence-corrected chi connectivity index (χ0v) is 18.3. The van der Waals surface area contributed by atoms with E-state index in [1.165, 1.54) is 17.7 Å². The number of sulfonamides is 1. The highest BCUT2D eigenvalue weighted by Crippen LogP contribution is 2.30. The average Bonchev–Trinajstić information content (AvgIpc) is 3.35. The number of nitrogens with zero attached hydrogens (tertiary/aromatic N) is 3. The standard InChI is InChI=1S/C21H24FN5O3S/c1-4-27-20(14(3)26-31(28,29)19-11-16(22)7-5-13(19)2)24-25-21(27)30-17-8-6-15-9-10-23-18(15)12-17/h5-8,11-12,14,23,26H,4,9-10H2,1-3H3/t14-/m1/s1. The van der Waals surface area contributed by atoms with E-state index in [4.69, 9.17) is 4.74 Å². The first-order chi connectivity index (χ1) is 14.8. The van der Waals surface area contributed by atoms with Gasteiger partial charge >= 0.3 is 6.01 Å². The van der Waals surface area contributed by atoms with Crippen LogP contribution in [-0.2, 0) is 23.0 Å². The maximum absolute atomic E-state index is 13.6. The molecule has 0 unspecified atom stereocenters. The number of anilines is 1. The van der Waals surface area contributed by atoms with Gasteiger partial charge in [0.1, 0.15) is 11.6 Å². The van der Waals surface area contributed by atoms with Crippen LogP contribution in [-0.4, -0.2) is 29.7 Å². The number of nitrogens with one attached hydrogen (secondary N) is 2. The van der Waals surface area contributed by atoms with E-state index in [2.05, 4.69) is 20.2 Å².